The maximum absolute atomic E-state index is 12.7. The summed E-state index contributed by atoms with van der Waals surface area (Å²) < 4.78 is 16.3. The second-order valence-corrected chi connectivity index (χ2v) is 6.92. The van der Waals surface area contributed by atoms with Gasteiger partial charge in [-0.1, -0.05) is 23.3 Å². The molecule has 1 aliphatic rings. The molecule has 136 valence electrons. The topological polar surface area (TPSA) is 94.5 Å². The molecule has 4 rings (SSSR count). The first-order valence-electron chi connectivity index (χ1n) is 8.48. The Labute approximate surface area is 153 Å². The molecule has 0 radical (unpaired) electrons. The summed E-state index contributed by atoms with van der Waals surface area (Å²) in [6, 6.07) is 5.56. The maximum Gasteiger partial charge on any atom is 0.276 e. The van der Waals surface area contributed by atoms with Crippen LogP contribution in [0.1, 0.15) is 41.6 Å². The first kappa shape index (κ1) is 16.9. The molecule has 1 amide bonds. The Morgan fingerprint density at radius 3 is 3.12 bits per heavy atom. The number of hydrogen-bond donors (Lipinski definition) is 0. The van der Waals surface area contributed by atoms with E-state index in [0.29, 0.717) is 37.1 Å². The van der Waals surface area contributed by atoms with Gasteiger partial charge in [-0.25, -0.2) is 0 Å². The van der Waals surface area contributed by atoms with E-state index in [1.165, 1.54) is 11.3 Å². The molecule has 0 spiro atoms. The number of hydrogen-bond acceptors (Lipinski definition) is 8. The van der Waals surface area contributed by atoms with Crippen LogP contribution in [0.2, 0.25) is 0 Å². The molecule has 0 saturated carbocycles. The predicted octanol–water partition coefficient (Wildman–Crippen LogP) is 2.95. The van der Waals surface area contributed by atoms with Gasteiger partial charge in [0.1, 0.15) is 5.76 Å². The summed E-state index contributed by atoms with van der Waals surface area (Å²) in [6.07, 6.45) is 1.25. The summed E-state index contributed by atoms with van der Waals surface area (Å²) >= 11 is 1.54. The largest absolute Gasteiger partial charge is 0.365 e. The molecule has 8 nitrogen and oxygen atoms in total. The molecule has 9 heteroatoms. The molecule has 1 fully saturated rings. The van der Waals surface area contributed by atoms with E-state index in [1.54, 1.807) is 11.0 Å². The van der Waals surface area contributed by atoms with E-state index < -0.39 is 6.10 Å². The lowest BCUT2D eigenvalue weighted by Gasteiger charge is -2.30. The molecule has 0 aromatic carbocycles. The quantitative estimate of drug-likeness (QED) is 0.677. The van der Waals surface area contributed by atoms with Crippen molar-refractivity contribution in [2.24, 2.45) is 0 Å². The number of thiophene rings is 1. The molecule has 0 N–H and O–H groups in total. The lowest BCUT2D eigenvalue weighted by molar-refractivity contribution is -0.0369. The van der Waals surface area contributed by atoms with Crippen molar-refractivity contribution in [2.75, 3.05) is 19.7 Å². The van der Waals surface area contributed by atoms with E-state index in [0.717, 1.165) is 23.5 Å². The number of aryl methyl sites for hydroxylation is 1. The highest BCUT2D eigenvalue weighted by molar-refractivity contribution is 7.13. The zero-order valence-electron chi connectivity index (χ0n) is 14.3. The molecule has 3 aromatic rings. The molecule has 26 heavy (non-hydrogen) atoms. The van der Waals surface area contributed by atoms with Crippen LogP contribution >= 0.6 is 11.3 Å². The first-order chi connectivity index (χ1) is 12.7. The fourth-order valence-corrected chi connectivity index (χ4v) is 3.44. The monoisotopic (exact) mass is 374 g/mol. The van der Waals surface area contributed by atoms with Crippen molar-refractivity contribution in [2.45, 2.75) is 25.9 Å². The Morgan fingerprint density at radius 1 is 1.38 bits per heavy atom. The minimum absolute atomic E-state index is 0.178. The van der Waals surface area contributed by atoms with Crippen molar-refractivity contribution in [3.8, 4) is 10.7 Å². The number of amides is 1. The first-order valence-corrected chi connectivity index (χ1v) is 9.36. The lowest BCUT2D eigenvalue weighted by atomic mass is 10.2. The van der Waals surface area contributed by atoms with Crippen molar-refractivity contribution in [1.82, 2.24) is 20.2 Å². The highest BCUT2D eigenvalue weighted by Gasteiger charge is 2.31. The van der Waals surface area contributed by atoms with Crippen LogP contribution in [0.4, 0.5) is 0 Å². The molecular formula is C17H18N4O4S. The van der Waals surface area contributed by atoms with Crippen LogP contribution in [0.3, 0.4) is 0 Å². The van der Waals surface area contributed by atoms with Gasteiger partial charge in [-0.2, -0.15) is 4.98 Å². The normalized spacial score (nSPS) is 17.6. The van der Waals surface area contributed by atoms with Gasteiger partial charge in [0.25, 0.3) is 11.8 Å². The van der Waals surface area contributed by atoms with E-state index >= 15 is 0 Å². The smallest absolute Gasteiger partial charge is 0.276 e. The minimum atomic E-state index is -0.448. The average Bonchev–Trinajstić information content (AvgIpc) is 3.41. The fourth-order valence-electron chi connectivity index (χ4n) is 2.79. The Hall–Kier alpha value is -2.52. The Balaban J connectivity index is 1.46. The highest BCUT2D eigenvalue weighted by atomic mass is 32.1. The average molecular weight is 374 g/mol. The van der Waals surface area contributed by atoms with Gasteiger partial charge < -0.3 is 18.7 Å². The second-order valence-electron chi connectivity index (χ2n) is 5.97. The fraction of sp³-hybridized carbons (Fsp3) is 0.412. The van der Waals surface area contributed by atoms with E-state index in [-0.39, 0.29) is 5.91 Å². The van der Waals surface area contributed by atoms with Gasteiger partial charge in [0, 0.05) is 19.0 Å². The van der Waals surface area contributed by atoms with Crippen molar-refractivity contribution < 1.29 is 18.6 Å². The minimum Gasteiger partial charge on any atom is -0.365 e. The third-order valence-electron chi connectivity index (χ3n) is 4.09. The third kappa shape index (κ3) is 3.40. The summed E-state index contributed by atoms with van der Waals surface area (Å²) in [6.45, 7) is 3.26. The summed E-state index contributed by atoms with van der Waals surface area (Å²) in [4.78, 5) is 19.7. The summed E-state index contributed by atoms with van der Waals surface area (Å²) in [5.74, 6) is 1.45. The van der Waals surface area contributed by atoms with Gasteiger partial charge in [-0.05, 0) is 17.9 Å². The van der Waals surface area contributed by atoms with Crippen LogP contribution in [0.5, 0.6) is 0 Å². The van der Waals surface area contributed by atoms with E-state index in [2.05, 4.69) is 15.3 Å². The van der Waals surface area contributed by atoms with Crippen molar-refractivity contribution in [1.29, 1.82) is 0 Å². The zero-order valence-corrected chi connectivity index (χ0v) is 15.1. The van der Waals surface area contributed by atoms with Crippen LogP contribution < -0.4 is 0 Å². The van der Waals surface area contributed by atoms with Gasteiger partial charge in [0.2, 0.25) is 5.82 Å². The second kappa shape index (κ2) is 7.38. The highest BCUT2D eigenvalue weighted by Crippen LogP contribution is 2.26. The van der Waals surface area contributed by atoms with E-state index in [4.69, 9.17) is 13.8 Å². The molecule has 1 atom stereocenters. The van der Waals surface area contributed by atoms with Crippen LogP contribution in [-0.4, -0.2) is 45.8 Å². The molecule has 1 aliphatic heterocycles. The molecule has 3 aromatic heterocycles. The summed E-state index contributed by atoms with van der Waals surface area (Å²) in [7, 11) is 0. The SMILES string of the molecule is CCCc1cc(C(=O)N2CCO[C@H](c3nc(-c4cccs4)no3)C2)no1. The van der Waals surface area contributed by atoms with Crippen molar-refractivity contribution >= 4 is 17.2 Å². The number of carbonyl (C=O) groups excluding carboxylic acids is 1. The predicted molar refractivity (Wildman–Crippen MR) is 92.7 cm³/mol. The molecule has 0 unspecified atom stereocenters. The summed E-state index contributed by atoms with van der Waals surface area (Å²) in [5, 5.41) is 9.84. The van der Waals surface area contributed by atoms with Gasteiger partial charge in [0.15, 0.2) is 11.8 Å². The number of ether oxygens (including phenoxy) is 1. The molecule has 0 aliphatic carbocycles. The van der Waals surface area contributed by atoms with Gasteiger partial charge >= 0.3 is 0 Å². The number of aromatic nitrogens is 3. The van der Waals surface area contributed by atoms with Gasteiger partial charge in [-0.15, -0.1) is 11.3 Å². The van der Waals surface area contributed by atoms with E-state index in [1.807, 2.05) is 24.4 Å². The standard InChI is InChI=1S/C17H18N4O4S/c1-2-4-11-9-12(19-24-11)17(22)21-6-7-23-13(10-21)16-18-15(20-25-16)14-5-3-8-26-14/h3,5,8-9,13H,2,4,6-7,10H2,1H3/t13-/m0/s1. The van der Waals surface area contributed by atoms with Crippen molar-refractivity contribution in [3.63, 3.8) is 0 Å². The number of rotatable bonds is 5. The molecule has 1 saturated heterocycles. The Kier molecular flexibility index (Phi) is 4.81. The lowest BCUT2D eigenvalue weighted by Crippen LogP contribution is -2.42. The molecule has 0 bridgehead atoms. The van der Waals surface area contributed by atoms with Crippen molar-refractivity contribution in [3.05, 3.63) is 40.9 Å². The maximum atomic E-state index is 12.7. The number of carbonyl (C=O) groups is 1. The number of nitrogens with zero attached hydrogens (tertiary/aromatic N) is 4. The van der Waals surface area contributed by atoms with Crippen LogP contribution in [0.15, 0.2) is 32.6 Å². The summed E-state index contributed by atoms with van der Waals surface area (Å²) in [5.41, 5.74) is 0.318. The van der Waals surface area contributed by atoms with Crippen LogP contribution in [0.25, 0.3) is 10.7 Å². The Bertz CT molecular complexity index is 873. The third-order valence-corrected chi connectivity index (χ3v) is 4.95. The van der Waals surface area contributed by atoms with Gasteiger partial charge in [-0.3, -0.25) is 4.79 Å². The van der Waals surface area contributed by atoms with Crippen LogP contribution in [-0.2, 0) is 11.2 Å². The number of morpholine rings is 1. The molecule has 4 heterocycles. The van der Waals surface area contributed by atoms with Crippen LogP contribution in [0, 0.1) is 0 Å². The molecular weight excluding hydrogens is 356 g/mol. The van der Waals surface area contributed by atoms with E-state index in [9.17, 15) is 4.79 Å². The van der Waals surface area contributed by atoms with Gasteiger partial charge in [0.05, 0.1) is 18.0 Å². The Morgan fingerprint density at radius 2 is 2.31 bits per heavy atom. The zero-order chi connectivity index (χ0) is 17.9.